The summed E-state index contributed by atoms with van der Waals surface area (Å²) in [7, 11) is 0. The van der Waals surface area contributed by atoms with Crippen LogP contribution in [-0.2, 0) is 4.74 Å². The van der Waals surface area contributed by atoms with Gasteiger partial charge >= 0.3 is 6.09 Å². The van der Waals surface area contributed by atoms with Crippen molar-refractivity contribution in [2.45, 2.75) is 18.4 Å². The lowest BCUT2D eigenvalue weighted by Gasteiger charge is -2.31. The Morgan fingerprint density at radius 2 is 2.22 bits per heavy atom. The maximum atomic E-state index is 12.1. The fourth-order valence-corrected chi connectivity index (χ4v) is 3.14. The highest BCUT2D eigenvalue weighted by atomic mass is 79.9. The maximum Gasteiger partial charge on any atom is 0.415 e. The van der Waals surface area contributed by atoms with E-state index in [-0.39, 0.29) is 11.7 Å². The van der Waals surface area contributed by atoms with Crippen LogP contribution in [0.3, 0.4) is 0 Å². The molecule has 0 saturated carbocycles. The van der Waals surface area contributed by atoms with Crippen molar-refractivity contribution in [1.29, 1.82) is 0 Å². The third-order valence-corrected chi connectivity index (χ3v) is 4.22. The van der Waals surface area contributed by atoms with Crippen LogP contribution >= 0.6 is 15.9 Å². The molecule has 0 radical (unpaired) electrons. The normalized spacial score (nSPS) is 27.6. The largest absolute Gasteiger partial charge is 0.439 e. The third kappa shape index (κ3) is 2.01. The van der Waals surface area contributed by atoms with Crippen LogP contribution in [0.15, 0.2) is 28.7 Å². The van der Waals surface area contributed by atoms with Crippen molar-refractivity contribution < 1.29 is 9.53 Å². The average Bonchev–Trinajstić information content (AvgIpc) is 2.67. The van der Waals surface area contributed by atoms with Crippen LogP contribution in [0.25, 0.3) is 0 Å². The number of carbonyl (C=O) groups excluding carboxylic acids is 1. The van der Waals surface area contributed by atoms with Crippen molar-refractivity contribution in [2.75, 3.05) is 24.5 Å². The van der Waals surface area contributed by atoms with Crippen molar-refractivity contribution in [1.82, 2.24) is 5.32 Å². The van der Waals surface area contributed by atoms with Gasteiger partial charge in [0.05, 0.1) is 12.2 Å². The highest BCUT2D eigenvalue weighted by molar-refractivity contribution is 9.10. The second-order valence-corrected chi connectivity index (χ2v) is 5.72. The van der Waals surface area contributed by atoms with Gasteiger partial charge in [-0.25, -0.2) is 4.79 Å². The molecule has 0 aliphatic carbocycles. The number of nitrogens with one attached hydrogen (secondary N) is 1. The van der Waals surface area contributed by atoms with Gasteiger partial charge in [-0.1, -0.05) is 12.1 Å². The molecule has 0 aromatic heterocycles. The Hall–Kier alpha value is -1.07. The number of anilines is 1. The Morgan fingerprint density at radius 1 is 1.39 bits per heavy atom. The first-order valence-corrected chi connectivity index (χ1v) is 6.95. The molecule has 2 saturated heterocycles. The molecule has 1 N–H and O–H groups in total. The molecule has 2 aliphatic rings. The van der Waals surface area contributed by atoms with Gasteiger partial charge in [0.25, 0.3) is 0 Å². The number of rotatable bonds is 1. The first-order chi connectivity index (χ1) is 8.70. The van der Waals surface area contributed by atoms with Crippen molar-refractivity contribution >= 4 is 27.7 Å². The summed E-state index contributed by atoms with van der Waals surface area (Å²) in [4.78, 5) is 13.8. The number of benzene rings is 1. The maximum absolute atomic E-state index is 12.1. The van der Waals surface area contributed by atoms with Gasteiger partial charge < -0.3 is 10.1 Å². The number of carbonyl (C=O) groups is 1. The Bertz CT molecular complexity index is 472. The van der Waals surface area contributed by atoms with E-state index >= 15 is 0 Å². The van der Waals surface area contributed by atoms with Crippen molar-refractivity contribution in [3.63, 3.8) is 0 Å². The van der Waals surface area contributed by atoms with E-state index in [1.54, 1.807) is 4.90 Å². The van der Waals surface area contributed by atoms with Crippen LogP contribution in [0.5, 0.6) is 0 Å². The van der Waals surface area contributed by atoms with Crippen molar-refractivity contribution in [2.24, 2.45) is 0 Å². The molecule has 5 heteroatoms. The van der Waals surface area contributed by atoms with Gasteiger partial charge in [0.2, 0.25) is 0 Å². The quantitative estimate of drug-likeness (QED) is 0.866. The minimum atomic E-state index is -0.343. The van der Waals surface area contributed by atoms with Crippen LogP contribution < -0.4 is 10.2 Å². The van der Waals surface area contributed by atoms with E-state index in [0.29, 0.717) is 6.54 Å². The number of nitrogens with zero attached hydrogens (tertiary/aromatic N) is 1. The van der Waals surface area contributed by atoms with E-state index in [9.17, 15) is 4.79 Å². The molecule has 1 aromatic carbocycles. The molecule has 1 atom stereocenters. The van der Waals surface area contributed by atoms with E-state index in [4.69, 9.17) is 4.74 Å². The van der Waals surface area contributed by atoms with Gasteiger partial charge in [-0.15, -0.1) is 0 Å². The van der Waals surface area contributed by atoms with Crippen molar-refractivity contribution in [3.8, 4) is 0 Å². The zero-order chi connectivity index (χ0) is 12.6. The zero-order valence-electron chi connectivity index (χ0n) is 9.99. The lowest BCUT2D eigenvalue weighted by molar-refractivity contribution is 0.0366. The predicted molar refractivity (Wildman–Crippen MR) is 72.8 cm³/mol. The Balaban J connectivity index is 1.87. The minimum absolute atomic E-state index is 0.245. The Labute approximate surface area is 114 Å². The SMILES string of the molecule is O=C1OC2(CCCNC2)CN1c1ccccc1Br. The van der Waals surface area contributed by atoms with Gasteiger partial charge in [0.1, 0.15) is 5.60 Å². The molecule has 1 aromatic rings. The fourth-order valence-electron chi connectivity index (χ4n) is 2.64. The summed E-state index contributed by atoms with van der Waals surface area (Å²) in [6, 6.07) is 7.73. The summed E-state index contributed by atoms with van der Waals surface area (Å²) < 4.78 is 6.53. The summed E-state index contributed by atoms with van der Waals surface area (Å²) in [5, 5.41) is 3.31. The molecule has 2 heterocycles. The second-order valence-electron chi connectivity index (χ2n) is 4.87. The molecule has 1 spiro atoms. The number of amides is 1. The zero-order valence-corrected chi connectivity index (χ0v) is 11.6. The molecule has 4 nitrogen and oxygen atoms in total. The van der Waals surface area contributed by atoms with Gasteiger partial charge in [0, 0.05) is 11.0 Å². The molecule has 18 heavy (non-hydrogen) atoms. The van der Waals surface area contributed by atoms with Crippen LogP contribution in [0.2, 0.25) is 0 Å². The van der Waals surface area contributed by atoms with E-state index in [2.05, 4.69) is 21.2 Å². The second kappa shape index (κ2) is 4.55. The number of para-hydroxylation sites is 1. The van der Waals surface area contributed by atoms with Gasteiger partial charge in [-0.3, -0.25) is 4.90 Å². The summed E-state index contributed by atoms with van der Waals surface area (Å²) in [6.07, 6.45) is 1.75. The summed E-state index contributed by atoms with van der Waals surface area (Å²) >= 11 is 3.48. The molecular formula is C13H15BrN2O2. The number of hydrogen-bond donors (Lipinski definition) is 1. The fraction of sp³-hybridized carbons (Fsp3) is 0.462. The highest BCUT2D eigenvalue weighted by Gasteiger charge is 2.46. The molecule has 96 valence electrons. The Kier molecular flexibility index (Phi) is 3.03. The number of halogens is 1. The predicted octanol–water partition coefficient (Wildman–Crippen LogP) is 2.53. The van der Waals surface area contributed by atoms with Crippen LogP contribution in [-0.4, -0.2) is 31.3 Å². The standard InChI is InChI=1S/C13H15BrN2O2/c14-10-4-1-2-5-11(10)16-9-13(18-12(16)17)6-3-7-15-8-13/h1-2,4-5,15H,3,6-9H2. The van der Waals surface area contributed by atoms with Crippen LogP contribution in [0.1, 0.15) is 12.8 Å². The average molecular weight is 311 g/mol. The number of hydrogen-bond acceptors (Lipinski definition) is 3. The first-order valence-electron chi connectivity index (χ1n) is 6.16. The third-order valence-electron chi connectivity index (χ3n) is 3.55. The van der Waals surface area contributed by atoms with Gasteiger partial charge in [-0.05, 0) is 47.4 Å². The van der Waals surface area contributed by atoms with E-state index in [1.807, 2.05) is 24.3 Å². The van der Waals surface area contributed by atoms with Gasteiger partial charge in [-0.2, -0.15) is 0 Å². The molecule has 2 fully saturated rings. The lowest BCUT2D eigenvalue weighted by Crippen LogP contribution is -2.48. The molecule has 1 amide bonds. The van der Waals surface area contributed by atoms with Crippen LogP contribution in [0, 0.1) is 0 Å². The van der Waals surface area contributed by atoms with E-state index in [0.717, 1.165) is 36.1 Å². The molecule has 2 aliphatic heterocycles. The van der Waals surface area contributed by atoms with Gasteiger partial charge in [0.15, 0.2) is 0 Å². The highest BCUT2D eigenvalue weighted by Crippen LogP contribution is 2.35. The van der Waals surface area contributed by atoms with Crippen molar-refractivity contribution in [3.05, 3.63) is 28.7 Å². The topological polar surface area (TPSA) is 41.6 Å². The minimum Gasteiger partial charge on any atom is -0.439 e. The first kappa shape index (κ1) is 12.0. The lowest BCUT2D eigenvalue weighted by atomic mass is 9.94. The molecule has 1 unspecified atom stereocenters. The summed E-state index contributed by atoms with van der Waals surface area (Å²) in [5.41, 5.74) is 0.537. The number of ether oxygens (including phenoxy) is 1. The molecular weight excluding hydrogens is 296 g/mol. The monoisotopic (exact) mass is 310 g/mol. The molecule has 0 bridgehead atoms. The molecule has 3 rings (SSSR count). The van der Waals surface area contributed by atoms with E-state index in [1.165, 1.54) is 0 Å². The Morgan fingerprint density at radius 3 is 2.94 bits per heavy atom. The summed E-state index contributed by atoms with van der Waals surface area (Å²) in [6.45, 7) is 2.38. The number of piperidine rings is 1. The smallest absolute Gasteiger partial charge is 0.415 e. The van der Waals surface area contributed by atoms with Crippen LogP contribution in [0.4, 0.5) is 10.5 Å². The van der Waals surface area contributed by atoms with E-state index < -0.39 is 0 Å². The summed E-state index contributed by atoms with van der Waals surface area (Å²) in [5.74, 6) is 0.